The van der Waals surface area contributed by atoms with Crippen molar-refractivity contribution in [1.29, 1.82) is 0 Å². The zero-order valence-corrected chi connectivity index (χ0v) is 11.0. The van der Waals surface area contributed by atoms with Crippen LogP contribution in [0.2, 0.25) is 10.0 Å². The van der Waals surface area contributed by atoms with Crippen LogP contribution in [-0.2, 0) is 0 Å². The van der Waals surface area contributed by atoms with Gasteiger partial charge in [-0.05, 0) is 41.6 Å². The molecule has 0 amide bonds. The third kappa shape index (κ3) is 2.41. The third-order valence-electron chi connectivity index (χ3n) is 2.41. The molecule has 1 aromatic carbocycles. The van der Waals surface area contributed by atoms with Crippen molar-refractivity contribution < 1.29 is 0 Å². The topological polar surface area (TPSA) is 26.0 Å². The van der Waals surface area contributed by atoms with Gasteiger partial charge in [0.25, 0.3) is 0 Å². The normalized spacial score (nSPS) is 12.8. The van der Waals surface area contributed by atoms with Gasteiger partial charge in [0.2, 0.25) is 0 Å². The average molecular weight is 272 g/mol. The lowest BCUT2D eigenvalue weighted by Crippen LogP contribution is -2.11. The number of hydrogen-bond donors (Lipinski definition) is 1. The zero-order chi connectivity index (χ0) is 11.7. The lowest BCUT2D eigenvalue weighted by Gasteiger charge is -2.12. The molecule has 0 aliphatic heterocycles. The fourth-order valence-corrected chi connectivity index (χ4v) is 2.83. The highest BCUT2D eigenvalue weighted by Gasteiger charge is 2.13. The summed E-state index contributed by atoms with van der Waals surface area (Å²) < 4.78 is 0. The molecule has 0 spiro atoms. The maximum atomic E-state index is 6.16. The minimum Gasteiger partial charge on any atom is -0.320 e. The smallest absolute Gasteiger partial charge is 0.0574 e. The van der Waals surface area contributed by atoms with Crippen LogP contribution in [0.1, 0.15) is 22.0 Å². The van der Waals surface area contributed by atoms with E-state index in [0.29, 0.717) is 10.0 Å². The van der Waals surface area contributed by atoms with Crippen molar-refractivity contribution in [3.8, 4) is 0 Å². The van der Waals surface area contributed by atoms with Gasteiger partial charge in [-0.1, -0.05) is 29.3 Å². The van der Waals surface area contributed by atoms with Crippen molar-refractivity contribution in [2.24, 2.45) is 5.73 Å². The number of nitrogens with two attached hydrogens (primary N) is 1. The van der Waals surface area contributed by atoms with Gasteiger partial charge in [0, 0.05) is 14.9 Å². The Morgan fingerprint density at radius 3 is 2.56 bits per heavy atom. The monoisotopic (exact) mass is 271 g/mol. The minimum atomic E-state index is -0.185. The SMILES string of the molecule is Cc1cc(C(N)c2ccc(Cl)cc2Cl)cs1. The van der Waals surface area contributed by atoms with E-state index in [1.165, 1.54) is 4.88 Å². The lowest BCUT2D eigenvalue weighted by atomic mass is 10.0. The minimum absolute atomic E-state index is 0.185. The van der Waals surface area contributed by atoms with Crippen LogP contribution in [0.5, 0.6) is 0 Å². The van der Waals surface area contributed by atoms with Gasteiger partial charge in [0.15, 0.2) is 0 Å². The summed E-state index contributed by atoms with van der Waals surface area (Å²) in [4.78, 5) is 1.25. The average Bonchev–Trinajstić information content (AvgIpc) is 2.64. The van der Waals surface area contributed by atoms with E-state index in [2.05, 4.69) is 18.4 Å². The second-order valence-electron chi connectivity index (χ2n) is 3.63. The predicted molar refractivity (Wildman–Crippen MR) is 71.5 cm³/mol. The number of benzene rings is 1. The quantitative estimate of drug-likeness (QED) is 0.860. The molecule has 0 radical (unpaired) electrons. The molecule has 1 atom stereocenters. The molecule has 1 unspecified atom stereocenters. The highest BCUT2D eigenvalue weighted by molar-refractivity contribution is 7.10. The van der Waals surface area contributed by atoms with Crippen LogP contribution < -0.4 is 5.73 Å². The molecule has 2 N–H and O–H groups in total. The molecule has 16 heavy (non-hydrogen) atoms. The molecule has 84 valence electrons. The predicted octanol–water partition coefficient (Wildman–Crippen LogP) is 4.41. The fraction of sp³-hybridized carbons (Fsp3) is 0.167. The summed E-state index contributed by atoms with van der Waals surface area (Å²) in [6.45, 7) is 2.06. The van der Waals surface area contributed by atoms with Gasteiger partial charge in [-0.15, -0.1) is 11.3 Å². The molecule has 2 rings (SSSR count). The standard InChI is InChI=1S/C12H11Cl2NS/c1-7-4-8(6-16-7)12(15)10-3-2-9(13)5-11(10)14/h2-6,12H,15H2,1H3. The first kappa shape index (κ1) is 11.9. The van der Waals surface area contributed by atoms with Gasteiger partial charge in [0.05, 0.1) is 6.04 Å². The number of rotatable bonds is 2. The van der Waals surface area contributed by atoms with E-state index in [0.717, 1.165) is 11.1 Å². The van der Waals surface area contributed by atoms with E-state index < -0.39 is 0 Å². The summed E-state index contributed by atoms with van der Waals surface area (Å²) in [6, 6.07) is 7.30. The van der Waals surface area contributed by atoms with Crippen molar-refractivity contribution in [1.82, 2.24) is 0 Å². The van der Waals surface area contributed by atoms with Gasteiger partial charge < -0.3 is 5.73 Å². The molecular weight excluding hydrogens is 261 g/mol. The Morgan fingerprint density at radius 1 is 1.25 bits per heavy atom. The molecule has 0 saturated carbocycles. The van der Waals surface area contributed by atoms with Gasteiger partial charge >= 0.3 is 0 Å². The Hall–Kier alpha value is -0.540. The number of aryl methyl sites for hydroxylation is 1. The summed E-state index contributed by atoms with van der Waals surface area (Å²) in [5.74, 6) is 0. The van der Waals surface area contributed by atoms with Crippen LogP contribution in [0.25, 0.3) is 0 Å². The highest BCUT2D eigenvalue weighted by Crippen LogP contribution is 2.30. The van der Waals surface area contributed by atoms with E-state index in [9.17, 15) is 0 Å². The lowest BCUT2D eigenvalue weighted by molar-refractivity contribution is 0.876. The third-order valence-corrected chi connectivity index (χ3v) is 3.85. The van der Waals surface area contributed by atoms with Crippen molar-refractivity contribution in [3.63, 3.8) is 0 Å². The van der Waals surface area contributed by atoms with E-state index in [-0.39, 0.29) is 6.04 Å². The Labute approximate surface area is 109 Å². The molecule has 1 nitrogen and oxygen atoms in total. The van der Waals surface area contributed by atoms with Crippen LogP contribution in [0.4, 0.5) is 0 Å². The Balaban J connectivity index is 2.37. The van der Waals surface area contributed by atoms with Gasteiger partial charge in [-0.25, -0.2) is 0 Å². The molecule has 0 aliphatic rings. The van der Waals surface area contributed by atoms with Crippen molar-refractivity contribution in [3.05, 3.63) is 55.7 Å². The number of thiophene rings is 1. The summed E-state index contributed by atoms with van der Waals surface area (Å²) in [5.41, 5.74) is 8.16. The molecule has 2 aromatic rings. The van der Waals surface area contributed by atoms with Crippen LogP contribution in [0.3, 0.4) is 0 Å². The number of hydrogen-bond acceptors (Lipinski definition) is 2. The molecule has 4 heteroatoms. The molecule has 1 heterocycles. The van der Waals surface area contributed by atoms with Crippen LogP contribution in [0, 0.1) is 6.92 Å². The maximum Gasteiger partial charge on any atom is 0.0574 e. The maximum absolute atomic E-state index is 6.16. The highest BCUT2D eigenvalue weighted by atomic mass is 35.5. The van der Waals surface area contributed by atoms with Gasteiger partial charge in [0.1, 0.15) is 0 Å². The first-order valence-corrected chi connectivity index (χ1v) is 6.47. The summed E-state index contributed by atoms with van der Waals surface area (Å²) in [6.07, 6.45) is 0. The summed E-state index contributed by atoms with van der Waals surface area (Å²) in [5, 5.41) is 3.30. The Kier molecular flexibility index (Phi) is 3.55. The molecular formula is C12H11Cl2NS. The van der Waals surface area contributed by atoms with Crippen molar-refractivity contribution in [2.45, 2.75) is 13.0 Å². The second-order valence-corrected chi connectivity index (χ2v) is 5.59. The summed E-state index contributed by atoms with van der Waals surface area (Å²) >= 11 is 13.7. The van der Waals surface area contributed by atoms with Crippen LogP contribution in [0.15, 0.2) is 29.6 Å². The number of halogens is 2. The first-order valence-electron chi connectivity index (χ1n) is 4.83. The van der Waals surface area contributed by atoms with Crippen LogP contribution >= 0.6 is 34.5 Å². The van der Waals surface area contributed by atoms with E-state index in [4.69, 9.17) is 28.9 Å². The van der Waals surface area contributed by atoms with E-state index in [1.54, 1.807) is 17.4 Å². The second kappa shape index (κ2) is 4.76. The first-order chi connectivity index (χ1) is 7.58. The van der Waals surface area contributed by atoms with Crippen LogP contribution in [-0.4, -0.2) is 0 Å². The molecule has 0 fully saturated rings. The molecule has 0 aliphatic carbocycles. The summed E-state index contributed by atoms with van der Waals surface area (Å²) in [7, 11) is 0. The van der Waals surface area contributed by atoms with E-state index in [1.807, 2.05) is 12.1 Å². The zero-order valence-electron chi connectivity index (χ0n) is 8.71. The van der Waals surface area contributed by atoms with Gasteiger partial charge in [-0.2, -0.15) is 0 Å². The molecule has 0 saturated heterocycles. The van der Waals surface area contributed by atoms with E-state index >= 15 is 0 Å². The van der Waals surface area contributed by atoms with Crippen molar-refractivity contribution in [2.75, 3.05) is 0 Å². The largest absolute Gasteiger partial charge is 0.320 e. The molecule has 0 bridgehead atoms. The van der Waals surface area contributed by atoms with Gasteiger partial charge in [-0.3, -0.25) is 0 Å². The Morgan fingerprint density at radius 2 is 2.00 bits per heavy atom. The molecule has 1 aromatic heterocycles. The Bertz CT molecular complexity index is 507. The fourth-order valence-electron chi connectivity index (χ4n) is 1.56. The van der Waals surface area contributed by atoms with Crippen molar-refractivity contribution >= 4 is 34.5 Å².